The van der Waals surface area contributed by atoms with Gasteiger partial charge in [-0.05, 0) is 86.6 Å². The number of piperazine rings is 1. The summed E-state index contributed by atoms with van der Waals surface area (Å²) >= 11 is 0. The smallest absolute Gasteiger partial charge is 0.319 e. The maximum absolute atomic E-state index is 17.1. The Hall–Kier alpha value is -4.47. The zero-order valence-electron chi connectivity index (χ0n) is 27.1. The van der Waals surface area contributed by atoms with E-state index in [0.29, 0.717) is 43.9 Å². The van der Waals surface area contributed by atoms with E-state index < -0.39 is 45.3 Å². The lowest BCUT2D eigenvalue weighted by Gasteiger charge is -2.42. The van der Waals surface area contributed by atoms with Crippen LogP contribution in [-0.4, -0.2) is 69.9 Å². The van der Waals surface area contributed by atoms with E-state index in [1.54, 1.807) is 0 Å². The van der Waals surface area contributed by atoms with Crippen molar-refractivity contribution in [3.05, 3.63) is 65.0 Å². The summed E-state index contributed by atoms with van der Waals surface area (Å²) in [5.41, 5.74) is -2.03. The summed E-state index contributed by atoms with van der Waals surface area (Å²) < 4.78 is 85.0. The molecule has 5 aliphatic rings. The zero-order valence-corrected chi connectivity index (χ0v) is 27.1. The number of hydrogen-bond acceptors (Lipinski definition) is 7. The minimum atomic E-state index is -1.54. The van der Waals surface area contributed by atoms with Crippen molar-refractivity contribution in [3.63, 3.8) is 0 Å². The van der Waals surface area contributed by atoms with Crippen LogP contribution in [0.3, 0.4) is 0 Å². The van der Waals surface area contributed by atoms with Crippen LogP contribution in [0.25, 0.3) is 32.8 Å². The first kappa shape index (κ1) is 31.5. The Morgan fingerprint density at radius 3 is 2.68 bits per heavy atom. The van der Waals surface area contributed by atoms with Crippen molar-refractivity contribution in [2.24, 2.45) is 5.92 Å². The lowest BCUT2D eigenvalue weighted by Crippen LogP contribution is -2.61. The minimum absolute atomic E-state index is 0.0259. The Labute approximate surface area is 285 Å². The summed E-state index contributed by atoms with van der Waals surface area (Å²) in [4.78, 5) is 13.1. The number of nitrogens with zero attached hydrogens (tertiary/aromatic N) is 4. The normalized spacial score (nSPS) is 27.1. The lowest BCUT2D eigenvalue weighted by molar-refractivity contribution is 0.108. The van der Waals surface area contributed by atoms with E-state index in [1.807, 2.05) is 4.90 Å². The van der Waals surface area contributed by atoms with Crippen LogP contribution in [0.15, 0.2) is 36.2 Å². The van der Waals surface area contributed by atoms with E-state index in [1.165, 1.54) is 12.1 Å². The van der Waals surface area contributed by atoms with Crippen molar-refractivity contribution in [2.45, 2.75) is 62.1 Å². The van der Waals surface area contributed by atoms with Crippen molar-refractivity contribution in [1.82, 2.24) is 20.2 Å². The molecular weight excluding hydrogens is 653 g/mol. The van der Waals surface area contributed by atoms with E-state index in [2.05, 4.69) is 26.1 Å². The van der Waals surface area contributed by atoms with Gasteiger partial charge in [-0.25, -0.2) is 22.0 Å². The topological polar surface area (TPSA) is 73.8 Å². The highest BCUT2D eigenvalue weighted by Crippen LogP contribution is 2.50. The van der Waals surface area contributed by atoms with E-state index in [4.69, 9.17) is 11.2 Å². The third kappa shape index (κ3) is 4.69. The fraction of sp³-hybridized carbons (Fsp3) is 0.421. The summed E-state index contributed by atoms with van der Waals surface area (Å²) in [6.07, 6.45) is 12.4. The molecule has 2 N–H and O–H groups in total. The van der Waals surface area contributed by atoms with Crippen molar-refractivity contribution in [1.29, 1.82) is 0 Å². The third-order valence-electron chi connectivity index (χ3n) is 11.7. The SMILES string of the molecule is C#Cc1c(F)ccc2cc(O)cc(-c3c(F)c(F)c4c(N5C[C@@H]6CC[C@](C7CC7)(C5)N6)nc(OC[C@@]56CCCN5C/C(=C/F)C6)nc4c3F)c12. The second-order valence-electron chi connectivity index (χ2n) is 14.7. The number of rotatable bonds is 6. The average molecular weight is 688 g/mol. The van der Waals surface area contributed by atoms with Gasteiger partial charge in [-0.2, -0.15) is 9.97 Å². The molecule has 9 rings (SSSR count). The van der Waals surface area contributed by atoms with E-state index in [-0.39, 0.29) is 57.7 Å². The maximum atomic E-state index is 17.1. The van der Waals surface area contributed by atoms with Crippen molar-refractivity contribution in [2.75, 3.05) is 37.7 Å². The van der Waals surface area contributed by atoms with Gasteiger partial charge in [0.05, 0.1) is 28.4 Å². The number of hydrogen-bond donors (Lipinski definition) is 2. The Kier molecular flexibility index (Phi) is 7.10. The molecule has 0 spiro atoms. The quantitative estimate of drug-likeness (QED) is 0.130. The molecule has 4 aromatic rings. The molecule has 0 amide bonds. The first-order valence-corrected chi connectivity index (χ1v) is 17.1. The molecule has 3 atom stereocenters. The molecule has 1 saturated carbocycles. The third-order valence-corrected chi connectivity index (χ3v) is 11.7. The lowest BCUT2D eigenvalue weighted by atomic mass is 9.90. The summed E-state index contributed by atoms with van der Waals surface area (Å²) in [6.45, 7) is 2.25. The molecule has 4 aliphatic heterocycles. The van der Waals surface area contributed by atoms with Gasteiger partial charge in [-0.15, -0.1) is 6.42 Å². The number of aromatic nitrogens is 2. The van der Waals surface area contributed by atoms with Crippen LogP contribution in [0.2, 0.25) is 0 Å². The van der Waals surface area contributed by atoms with Crippen LogP contribution < -0.4 is 15.0 Å². The highest BCUT2D eigenvalue weighted by Gasteiger charge is 2.53. The van der Waals surface area contributed by atoms with Gasteiger partial charge < -0.3 is 20.1 Å². The van der Waals surface area contributed by atoms with Gasteiger partial charge >= 0.3 is 6.01 Å². The minimum Gasteiger partial charge on any atom is -0.508 e. The van der Waals surface area contributed by atoms with Gasteiger partial charge in [-0.1, -0.05) is 12.0 Å². The average Bonchev–Trinajstić information content (AvgIpc) is 3.73. The molecule has 0 radical (unpaired) electrons. The number of halogens is 5. The van der Waals surface area contributed by atoms with Crippen LogP contribution in [0.4, 0.5) is 27.8 Å². The number of terminal acetylenes is 1. The van der Waals surface area contributed by atoms with E-state index >= 15 is 13.2 Å². The molecule has 5 heterocycles. The van der Waals surface area contributed by atoms with Crippen LogP contribution in [0.5, 0.6) is 11.8 Å². The molecule has 4 saturated heterocycles. The van der Waals surface area contributed by atoms with Gasteiger partial charge in [-0.3, -0.25) is 4.90 Å². The number of ether oxygens (including phenoxy) is 1. The number of aromatic hydroxyl groups is 1. The first-order valence-electron chi connectivity index (χ1n) is 17.1. The van der Waals surface area contributed by atoms with Gasteiger partial charge in [0, 0.05) is 42.2 Å². The number of fused-ring (bicyclic) bond motifs is 5. The van der Waals surface area contributed by atoms with Crippen LogP contribution in [0.1, 0.15) is 50.5 Å². The molecule has 0 unspecified atom stereocenters. The molecule has 1 aromatic heterocycles. The van der Waals surface area contributed by atoms with Gasteiger partial charge in [0.2, 0.25) is 0 Å². The molecule has 2 bridgehead atoms. The molecule has 258 valence electrons. The molecule has 1 aliphatic carbocycles. The second-order valence-corrected chi connectivity index (χ2v) is 14.7. The predicted octanol–water partition coefficient (Wildman–Crippen LogP) is 6.88. The fourth-order valence-corrected chi connectivity index (χ4v) is 9.33. The summed E-state index contributed by atoms with van der Waals surface area (Å²) in [5, 5.41) is 14.0. The van der Waals surface area contributed by atoms with Crippen molar-refractivity contribution >= 4 is 27.5 Å². The Morgan fingerprint density at radius 2 is 1.90 bits per heavy atom. The fourth-order valence-electron chi connectivity index (χ4n) is 9.33. The number of phenols is 1. The van der Waals surface area contributed by atoms with Crippen LogP contribution in [0, 0.1) is 41.5 Å². The molecule has 5 fully saturated rings. The second kappa shape index (κ2) is 11.3. The molecule has 50 heavy (non-hydrogen) atoms. The molecule has 12 heteroatoms. The first-order chi connectivity index (χ1) is 24.1. The maximum Gasteiger partial charge on any atom is 0.319 e. The summed E-state index contributed by atoms with van der Waals surface area (Å²) in [7, 11) is 0. The van der Waals surface area contributed by atoms with E-state index in [0.717, 1.165) is 57.2 Å². The monoisotopic (exact) mass is 687 g/mol. The summed E-state index contributed by atoms with van der Waals surface area (Å²) in [5.74, 6) is -2.64. The zero-order chi connectivity index (χ0) is 34.5. The highest BCUT2D eigenvalue weighted by molar-refractivity contribution is 6.04. The number of anilines is 1. The van der Waals surface area contributed by atoms with Gasteiger partial charge in [0.25, 0.3) is 0 Å². The Bertz CT molecular complexity index is 2180. The van der Waals surface area contributed by atoms with Crippen molar-refractivity contribution in [3.8, 4) is 35.2 Å². The van der Waals surface area contributed by atoms with Crippen molar-refractivity contribution < 1.29 is 31.8 Å². The Morgan fingerprint density at radius 1 is 1.06 bits per heavy atom. The number of nitrogens with one attached hydrogen (secondary N) is 1. The Balaban J connectivity index is 1.24. The number of benzene rings is 3. The largest absolute Gasteiger partial charge is 0.508 e. The summed E-state index contributed by atoms with van der Waals surface area (Å²) in [6, 6.07) is 4.60. The number of phenolic OH excluding ortho intramolecular Hbond substituents is 1. The highest BCUT2D eigenvalue weighted by atomic mass is 19.2. The molecule has 3 aromatic carbocycles. The van der Waals surface area contributed by atoms with Crippen LogP contribution >= 0.6 is 0 Å². The van der Waals surface area contributed by atoms with E-state index in [9.17, 15) is 13.9 Å². The predicted molar refractivity (Wildman–Crippen MR) is 179 cm³/mol. The van der Waals surface area contributed by atoms with Crippen LogP contribution in [-0.2, 0) is 0 Å². The molecular formula is C38H34F5N5O2. The van der Waals surface area contributed by atoms with Gasteiger partial charge in [0.15, 0.2) is 17.5 Å². The van der Waals surface area contributed by atoms with Gasteiger partial charge in [0.1, 0.15) is 29.5 Å². The molecule has 7 nitrogen and oxygen atoms in total. The standard InChI is InChI=1S/C38H34F5N5O2/c1-2-25-27(40)7-4-21-12-24(49)13-26(28(21)25)29-31(41)32(42)30-34(33(29)43)44-36(50-19-37-9-3-11-48(37)16-20(14-37)15-39)45-35(30)47-17-23-8-10-38(18-47,46-23)22-5-6-22/h1,4,7,12-13,15,22-23,46,49H,3,5-6,8-11,14,16-19H2/b20-15+/t23-,37-,38+/m0/s1.